The lowest BCUT2D eigenvalue weighted by Gasteiger charge is -2.24. The summed E-state index contributed by atoms with van der Waals surface area (Å²) in [4.78, 5) is 12.6. The van der Waals surface area contributed by atoms with Crippen LogP contribution in [-0.2, 0) is 14.8 Å². The van der Waals surface area contributed by atoms with Crippen LogP contribution in [0.1, 0.15) is 16.7 Å². The molecule has 3 rings (SSSR count). The highest BCUT2D eigenvalue weighted by Crippen LogP contribution is 2.24. The number of nitrogens with zero attached hydrogens (tertiary/aromatic N) is 2. The fraction of sp³-hybridized carbons (Fsp3) is 0.130. The summed E-state index contributed by atoms with van der Waals surface area (Å²) in [6, 6.07) is 19.9. The molecule has 0 fully saturated rings. The van der Waals surface area contributed by atoms with Gasteiger partial charge in [-0.15, -0.1) is 0 Å². The molecule has 0 aliphatic rings. The first-order valence-corrected chi connectivity index (χ1v) is 11.0. The summed E-state index contributed by atoms with van der Waals surface area (Å²) in [5.41, 5.74) is 4.91. The van der Waals surface area contributed by atoms with E-state index >= 15 is 0 Å². The molecule has 0 heterocycles. The maximum Gasteiger partial charge on any atom is 0.264 e. The van der Waals surface area contributed by atoms with Crippen molar-refractivity contribution in [1.29, 1.82) is 0 Å². The number of nitrogens with one attached hydrogen (secondary N) is 1. The number of carbonyl (C=O) groups excluding carboxylic acids is 1. The van der Waals surface area contributed by atoms with Crippen molar-refractivity contribution in [2.75, 3.05) is 10.8 Å². The Bertz CT molecular complexity index is 1210. The first-order chi connectivity index (χ1) is 14.8. The van der Waals surface area contributed by atoms with E-state index < -0.39 is 22.5 Å². The third-order valence-corrected chi connectivity index (χ3v) is 6.30. The zero-order valence-electron chi connectivity index (χ0n) is 17.2. The molecule has 0 aromatic heterocycles. The van der Waals surface area contributed by atoms with E-state index in [2.05, 4.69) is 10.5 Å². The van der Waals surface area contributed by atoms with Crippen LogP contribution >= 0.6 is 0 Å². The summed E-state index contributed by atoms with van der Waals surface area (Å²) in [5.74, 6) is -0.604. The summed E-state index contributed by atoms with van der Waals surface area (Å²) in [5, 5.41) is 13.6. The van der Waals surface area contributed by atoms with E-state index in [1.807, 2.05) is 19.9 Å². The van der Waals surface area contributed by atoms with Crippen molar-refractivity contribution in [2.45, 2.75) is 18.7 Å². The molecule has 0 aliphatic heterocycles. The van der Waals surface area contributed by atoms with Crippen molar-refractivity contribution in [1.82, 2.24) is 5.43 Å². The Morgan fingerprint density at radius 1 is 1.00 bits per heavy atom. The normalized spacial score (nSPS) is 11.4. The predicted molar refractivity (Wildman–Crippen MR) is 121 cm³/mol. The zero-order valence-corrected chi connectivity index (χ0v) is 18.0. The number of phenolic OH excluding ortho intramolecular Hbond substituents is 1. The van der Waals surface area contributed by atoms with Gasteiger partial charge in [-0.3, -0.25) is 9.10 Å². The number of hydrogen-bond donors (Lipinski definition) is 2. The maximum atomic E-state index is 13.3. The van der Waals surface area contributed by atoms with Crippen molar-refractivity contribution >= 4 is 27.8 Å². The number of hydrogen-bond acceptors (Lipinski definition) is 5. The standard InChI is InChI=1S/C23H23N3O4S/c1-17-10-12-21(13-11-17)31(29,30)26(20-8-5-6-18(2)14-20)16-23(28)25-24-15-19-7-3-4-9-22(19)27/h3-15,27H,16H2,1-2H3,(H,25,28)/b24-15-. The number of para-hydroxylation sites is 1. The molecule has 8 heteroatoms. The molecule has 0 unspecified atom stereocenters. The average molecular weight is 438 g/mol. The lowest BCUT2D eigenvalue weighted by Crippen LogP contribution is -2.39. The number of rotatable bonds is 7. The quantitative estimate of drug-likeness (QED) is 0.437. The van der Waals surface area contributed by atoms with E-state index in [1.165, 1.54) is 24.4 Å². The average Bonchev–Trinajstić information content (AvgIpc) is 2.73. The van der Waals surface area contributed by atoms with Gasteiger partial charge < -0.3 is 5.11 Å². The van der Waals surface area contributed by atoms with Crippen LogP contribution in [0.3, 0.4) is 0 Å². The number of amides is 1. The Morgan fingerprint density at radius 3 is 2.39 bits per heavy atom. The second-order valence-corrected chi connectivity index (χ2v) is 8.88. The lowest BCUT2D eigenvalue weighted by molar-refractivity contribution is -0.119. The highest BCUT2D eigenvalue weighted by atomic mass is 32.2. The Morgan fingerprint density at radius 2 is 1.71 bits per heavy atom. The second-order valence-electron chi connectivity index (χ2n) is 7.02. The third kappa shape index (κ3) is 5.49. The van der Waals surface area contributed by atoms with Gasteiger partial charge >= 0.3 is 0 Å². The predicted octanol–water partition coefficient (Wildman–Crippen LogP) is 3.35. The molecule has 160 valence electrons. The molecule has 2 N–H and O–H groups in total. The molecule has 0 spiro atoms. The number of phenols is 1. The molecule has 3 aromatic rings. The highest BCUT2D eigenvalue weighted by Gasteiger charge is 2.27. The summed E-state index contributed by atoms with van der Waals surface area (Å²) >= 11 is 0. The molecular formula is C23H23N3O4S. The van der Waals surface area contributed by atoms with Gasteiger partial charge in [0.05, 0.1) is 16.8 Å². The van der Waals surface area contributed by atoms with Crippen LogP contribution in [0.15, 0.2) is 82.8 Å². The molecule has 7 nitrogen and oxygen atoms in total. The number of anilines is 1. The van der Waals surface area contributed by atoms with E-state index in [0.29, 0.717) is 11.3 Å². The summed E-state index contributed by atoms with van der Waals surface area (Å²) in [6.45, 7) is 3.25. The smallest absolute Gasteiger partial charge is 0.264 e. The van der Waals surface area contributed by atoms with Gasteiger partial charge in [0.15, 0.2) is 0 Å². The summed E-state index contributed by atoms with van der Waals surface area (Å²) < 4.78 is 27.7. The van der Waals surface area contributed by atoms with Gasteiger partial charge in [0.25, 0.3) is 15.9 Å². The van der Waals surface area contributed by atoms with Gasteiger partial charge in [0, 0.05) is 5.56 Å². The molecule has 0 bridgehead atoms. The van der Waals surface area contributed by atoms with Gasteiger partial charge in [-0.2, -0.15) is 5.10 Å². The van der Waals surface area contributed by atoms with Gasteiger partial charge in [-0.25, -0.2) is 13.8 Å². The highest BCUT2D eigenvalue weighted by molar-refractivity contribution is 7.92. The molecule has 3 aromatic carbocycles. The number of carbonyl (C=O) groups is 1. The number of sulfonamides is 1. The molecular weight excluding hydrogens is 414 g/mol. The topological polar surface area (TPSA) is 99.1 Å². The third-order valence-electron chi connectivity index (χ3n) is 4.52. The second kappa shape index (κ2) is 9.44. The first kappa shape index (κ1) is 22.0. The minimum absolute atomic E-state index is 0.0174. The fourth-order valence-corrected chi connectivity index (χ4v) is 4.28. The van der Waals surface area contributed by atoms with Crippen LogP contribution in [0.4, 0.5) is 5.69 Å². The molecule has 0 aliphatic carbocycles. The SMILES string of the molecule is Cc1ccc(S(=O)(=O)N(CC(=O)N/N=C\c2ccccc2O)c2cccc(C)c2)cc1. The number of aromatic hydroxyl groups is 1. The van der Waals surface area contributed by atoms with E-state index in [4.69, 9.17) is 0 Å². The Balaban J connectivity index is 1.86. The van der Waals surface area contributed by atoms with Crippen molar-refractivity contribution in [3.05, 3.63) is 89.5 Å². The summed E-state index contributed by atoms with van der Waals surface area (Å²) in [7, 11) is -3.99. The van der Waals surface area contributed by atoms with Crippen LogP contribution in [0.5, 0.6) is 5.75 Å². The largest absolute Gasteiger partial charge is 0.507 e. The van der Waals surface area contributed by atoms with Crippen molar-refractivity contribution < 1.29 is 18.3 Å². The molecule has 1 amide bonds. The van der Waals surface area contributed by atoms with Gasteiger partial charge in [-0.1, -0.05) is 42.0 Å². The van der Waals surface area contributed by atoms with Crippen LogP contribution in [-0.4, -0.2) is 32.2 Å². The molecule has 0 radical (unpaired) electrons. The number of benzene rings is 3. The van der Waals surface area contributed by atoms with E-state index in [-0.39, 0.29) is 10.6 Å². The molecule has 31 heavy (non-hydrogen) atoms. The van der Waals surface area contributed by atoms with Gasteiger partial charge in [0.1, 0.15) is 12.3 Å². The zero-order chi connectivity index (χ0) is 22.4. The van der Waals surface area contributed by atoms with Gasteiger partial charge in [0.2, 0.25) is 0 Å². The Kier molecular flexibility index (Phi) is 6.71. The van der Waals surface area contributed by atoms with E-state index in [1.54, 1.807) is 48.5 Å². The van der Waals surface area contributed by atoms with Crippen molar-refractivity contribution in [3.8, 4) is 5.75 Å². The number of aryl methyl sites for hydroxylation is 2. The first-order valence-electron chi connectivity index (χ1n) is 9.53. The lowest BCUT2D eigenvalue weighted by atomic mass is 10.2. The van der Waals surface area contributed by atoms with Crippen LogP contribution in [0.25, 0.3) is 0 Å². The monoisotopic (exact) mass is 437 g/mol. The number of hydrazone groups is 1. The summed E-state index contributed by atoms with van der Waals surface area (Å²) in [6.07, 6.45) is 1.29. The molecule has 0 saturated heterocycles. The minimum Gasteiger partial charge on any atom is -0.507 e. The van der Waals surface area contributed by atoms with Crippen LogP contribution in [0, 0.1) is 13.8 Å². The maximum absolute atomic E-state index is 13.3. The van der Waals surface area contributed by atoms with Crippen molar-refractivity contribution in [2.24, 2.45) is 5.10 Å². The van der Waals surface area contributed by atoms with Crippen molar-refractivity contribution in [3.63, 3.8) is 0 Å². The van der Waals surface area contributed by atoms with E-state index in [9.17, 15) is 18.3 Å². The molecule has 0 atom stereocenters. The van der Waals surface area contributed by atoms with Crippen LogP contribution < -0.4 is 9.73 Å². The van der Waals surface area contributed by atoms with Gasteiger partial charge in [-0.05, 0) is 55.8 Å². The minimum atomic E-state index is -3.99. The Hall–Kier alpha value is -3.65. The molecule has 0 saturated carbocycles. The Labute approximate surface area is 181 Å². The van der Waals surface area contributed by atoms with Crippen LogP contribution in [0.2, 0.25) is 0 Å². The van der Waals surface area contributed by atoms with E-state index in [0.717, 1.165) is 15.4 Å². The fourth-order valence-electron chi connectivity index (χ4n) is 2.87.